The van der Waals surface area contributed by atoms with E-state index in [9.17, 15) is 14.9 Å². The Labute approximate surface area is 140 Å². The van der Waals surface area contributed by atoms with Crippen molar-refractivity contribution in [3.63, 3.8) is 0 Å². The Morgan fingerprint density at radius 2 is 1.92 bits per heavy atom. The number of pyridine rings is 1. The van der Waals surface area contributed by atoms with Gasteiger partial charge in [0.25, 0.3) is 11.2 Å². The smallest absolute Gasteiger partial charge is 0.271 e. The number of hydrogen-bond donors (Lipinski definition) is 2. The maximum atomic E-state index is 12.4. The van der Waals surface area contributed by atoms with Crippen molar-refractivity contribution in [2.75, 3.05) is 7.11 Å². The summed E-state index contributed by atoms with van der Waals surface area (Å²) in [4.78, 5) is 32.9. The van der Waals surface area contributed by atoms with Crippen molar-refractivity contribution >= 4 is 27.6 Å². The minimum Gasteiger partial charge on any atom is -0.497 e. The number of nitro benzene ring substituents is 1. The van der Waals surface area contributed by atoms with Crippen LogP contribution in [0.15, 0.2) is 47.3 Å². The van der Waals surface area contributed by atoms with Crippen LogP contribution in [0.2, 0.25) is 0 Å². The normalized spacial score (nSPS) is 11.1. The fraction of sp³-hybridized carbons (Fsp3) is 0.0588. The van der Waals surface area contributed by atoms with Gasteiger partial charge in [0, 0.05) is 23.0 Å². The number of nitro groups is 1. The highest BCUT2D eigenvalue weighted by molar-refractivity contribution is 5.86. The third kappa shape index (κ3) is 2.49. The lowest BCUT2D eigenvalue weighted by atomic mass is 10.1. The Balaban J connectivity index is 1.90. The molecule has 0 atom stereocenters. The van der Waals surface area contributed by atoms with Gasteiger partial charge in [-0.05, 0) is 30.3 Å². The first-order chi connectivity index (χ1) is 12.0. The van der Waals surface area contributed by atoms with Crippen molar-refractivity contribution in [3.8, 4) is 17.1 Å². The molecule has 2 aromatic carbocycles. The highest BCUT2D eigenvalue weighted by atomic mass is 16.6. The molecule has 0 fully saturated rings. The van der Waals surface area contributed by atoms with E-state index < -0.39 is 4.92 Å². The summed E-state index contributed by atoms with van der Waals surface area (Å²) in [5, 5.41) is 11.7. The van der Waals surface area contributed by atoms with Crippen LogP contribution >= 0.6 is 0 Å². The minimum absolute atomic E-state index is 0.0418. The molecular weight excluding hydrogens is 324 g/mol. The standard InChI is InChI=1S/C17H12N4O4/c1-25-11-3-5-13-9(6-11)7-12(17(22)20-13)16-18-14-4-2-10(21(23)24)8-15(14)19-16/h2-8H,1H3,(H,18,19)(H,20,22). The van der Waals surface area contributed by atoms with Crippen molar-refractivity contribution in [2.45, 2.75) is 0 Å². The molecule has 4 rings (SSSR count). The van der Waals surface area contributed by atoms with Gasteiger partial charge >= 0.3 is 0 Å². The lowest BCUT2D eigenvalue weighted by molar-refractivity contribution is -0.384. The van der Waals surface area contributed by atoms with Crippen LogP contribution in [0.3, 0.4) is 0 Å². The van der Waals surface area contributed by atoms with Crippen LogP contribution in [0.5, 0.6) is 5.75 Å². The van der Waals surface area contributed by atoms with Crippen LogP contribution in [0.25, 0.3) is 33.3 Å². The summed E-state index contributed by atoms with van der Waals surface area (Å²) in [7, 11) is 1.57. The number of methoxy groups -OCH3 is 1. The molecule has 0 saturated carbocycles. The first-order valence-electron chi connectivity index (χ1n) is 7.41. The second-order valence-electron chi connectivity index (χ2n) is 5.51. The number of non-ortho nitro benzene ring substituents is 1. The van der Waals surface area contributed by atoms with Crippen LogP contribution in [0, 0.1) is 10.1 Å². The van der Waals surface area contributed by atoms with Crippen molar-refractivity contribution in [1.82, 2.24) is 15.0 Å². The number of fused-ring (bicyclic) bond motifs is 2. The maximum Gasteiger partial charge on any atom is 0.271 e. The van der Waals surface area contributed by atoms with Crippen LogP contribution in [-0.2, 0) is 0 Å². The van der Waals surface area contributed by atoms with E-state index in [1.807, 2.05) is 6.07 Å². The number of aromatic nitrogens is 3. The fourth-order valence-corrected chi connectivity index (χ4v) is 2.73. The molecule has 0 bridgehead atoms. The van der Waals surface area contributed by atoms with Gasteiger partial charge in [0.2, 0.25) is 0 Å². The van der Waals surface area contributed by atoms with E-state index in [4.69, 9.17) is 4.74 Å². The van der Waals surface area contributed by atoms with E-state index in [2.05, 4.69) is 15.0 Å². The van der Waals surface area contributed by atoms with E-state index in [0.29, 0.717) is 33.7 Å². The Morgan fingerprint density at radius 1 is 1.08 bits per heavy atom. The largest absolute Gasteiger partial charge is 0.497 e. The summed E-state index contributed by atoms with van der Waals surface area (Å²) < 4.78 is 5.20. The topological polar surface area (TPSA) is 114 Å². The molecule has 8 heteroatoms. The van der Waals surface area contributed by atoms with E-state index >= 15 is 0 Å². The predicted octanol–water partition coefficient (Wildman–Crippen LogP) is 2.99. The van der Waals surface area contributed by atoms with Gasteiger partial charge in [-0.25, -0.2) is 4.98 Å². The van der Waals surface area contributed by atoms with Crippen molar-refractivity contribution in [3.05, 3.63) is 62.9 Å². The molecule has 0 spiro atoms. The quantitative estimate of drug-likeness (QED) is 0.441. The van der Waals surface area contributed by atoms with Gasteiger partial charge in [-0.1, -0.05) is 0 Å². The van der Waals surface area contributed by atoms with Gasteiger partial charge in [-0.3, -0.25) is 14.9 Å². The Bertz CT molecular complexity index is 1190. The van der Waals surface area contributed by atoms with Crippen LogP contribution in [-0.4, -0.2) is 27.0 Å². The molecule has 4 aromatic rings. The summed E-state index contributed by atoms with van der Waals surface area (Å²) in [6, 6.07) is 11.4. The Hall–Kier alpha value is -3.68. The number of H-pyrrole nitrogens is 2. The summed E-state index contributed by atoms with van der Waals surface area (Å²) in [6.07, 6.45) is 0. The molecule has 2 heterocycles. The van der Waals surface area contributed by atoms with Crippen LogP contribution in [0.4, 0.5) is 5.69 Å². The molecule has 0 saturated heterocycles. The third-order valence-corrected chi connectivity index (χ3v) is 3.98. The first kappa shape index (κ1) is 14.9. The molecule has 0 radical (unpaired) electrons. The summed E-state index contributed by atoms with van der Waals surface area (Å²) in [5.74, 6) is 1.02. The molecule has 25 heavy (non-hydrogen) atoms. The zero-order chi connectivity index (χ0) is 17.6. The van der Waals surface area contributed by atoms with Crippen molar-refractivity contribution in [1.29, 1.82) is 0 Å². The third-order valence-electron chi connectivity index (χ3n) is 3.98. The molecule has 0 unspecified atom stereocenters. The number of nitrogens with one attached hydrogen (secondary N) is 2. The van der Waals surface area contributed by atoms with Gasteiger partial charge in [-0.2, -0.15) is 0 Å². The zero-order valence-corrected chi connectivity index (χ0v) is 13.1. The number of aromatic amines is 2. The second kappa shape index (κ2) is 5.45. The molecule has 124 valence electrons. The predicted molar refractivity (Wildman–Crippen MR) is 92.9 cm³/mol. The molecule has 2 aromatic heterocycles. The fourth-order valence-electron chi connectivity index (χ4n) is 2.73. The SMILES string of the molecule is COc1ccc2[nH]c(=O)c(-c3nc4ccc([N+](=O)[O-])cc4[nH]3)cc2c1. The number of hydrogen-bond acceptors (Lipinski definition) is 5. The number of benzene rings is 2. The number of imidazole rings is 1. The molecule has 2 N–H and O–H groups in total. The number of rotatable bonds is 3. The van der Waals surface area contributed by atoms with E-state index in [0.717, 1.165) is 5.39 Å². The Kier molecular flexibility index (Phi) is 3.24. The van der Waals surface area contributed by atoms with Crippen LogP contribution in [0.1, 0.15) is 0 Å². The van der Waals surface area contributed by atoms with Gasteiger partial charge in [0.1, 0.15) is 11.6 Å². The first-order valence-corrected chi connectivity index (χ1v) is 7.41. The molecule has 0 aliphatic rings. The highest BCUT2D eigenvalue weighted by Crippen LogP contribution is 2.25. The average Bonchev–Trinajstić information content (AvgIpc) is 3.03. The lowest BCUT2D eigenvalue weighted by Gasteiger charge is -2.04. The maximum absolute atomic E-state index is 12.4. The summed E-state index contributed by atoms with van der Waals surface area (Å²) in [5.41, 5.74) is 1.73. The Morgan fingerprint density at radius 3 is 2.68 bits per heavy atom. The van der Waals surface area contributed by atoms with Crippen molar-refractivity contribution in [2.24, 2.45) is 0 Å². The van der Waals surface area contributed by atoms with Crippen molar-refractivity contribution < 1.29 is 9.66 Å². The summed E-state index contributed by atoms with van der Waals surface area (Å²) in [6.45, 7) is 0. The van der Waals surface area contributed by atoms with Gasteiger partial charge in [0.05, 0.1) is 28.6 Å². The average molecular weight is 336 g/mol. The van der Waals surface area contributed by atoms with Crippen LogP contribution < -0.4 is 10.3 Å². The molecule has 0 amide bonds. The molecule has 0 aliphatic carbocycles. The minimum atomic E-state index is -0.477. The van der Waals surface area contributed by atoms with Gasteiger partial charge in [-0.15, -0.1) is 0 Å². The van der Waals surface area contributed by atoms with E-state index in [1.165, 1.54) is 12.1 Å². The van der Waals surface area contributed by atoms with Gasteiger partial charge in [0.15, 0.2) is 0 Å². The lowest BCUT2D eigenvalue weighted by Crippen LogP contribution is -2.09. The van der Waals surface area contributed by atoms with E-state index in [-0.39, 0.29) is 11.2 Å². The molecule has 8 nitrogen and oxygen atoms in total. The summed E-state index contributed by atoms with van der Waals surface area (Å²) >= 11 is 0. The second-order valence-corrected chi connectivity index (χ2v) is 5.51. The molecular formula is C17H12N4O4. The molecule has 0 aliphatic heterocycles. The monoisotopic (exact) mass is 336 g/mol. The number of nitrogens with zero attached hydrogens (tertiary/aromatic N) is 2. The number of ether oxygens (including phenoxy) is 1. The van der Waals surface area contributed by atoms with Gasteiger partial charge < -0.3 is 14.7 Å². The highest BCUT2D eigenvalue weighted by Gasteiger charge is 2.13. The van der Waals surface area contributed by atoms with E-state index in [1.54, 1.807) is 31.4 Å². The zero-order valence-electron chi connectivity index (χ0n) is 13.1.